The standard InChI is InChI=1S/C17H25ClF2N4O2.HI/c1-3-8-22-15(25)7-9-23-17(21-4-2)24-11-12-10-13(18)5-6-14(12)26-16(19)20;/h5-6,10,16H,3-4,7-9,11H2,1-2H3,(H,22,25)(H2,21,23,24);1H. The molecular formula is C17H26ClF2IN4O2. The van der Waals surface area contributed by atoms with Gasteiger partial charge in [0, 0.05) is 36.6 Å². The molecule has 0 fully saturated rings. The number of carbonyl (C=O) groups is 1. The molecule has 10 heteroatoms. The lowest BCUT2D eigenvalue weighted by Gasteiger charge is -2.13. The number of guanidine groups is 1. The van der Waals surface area contributed by atoms with Crippen LogP contribution >= 0.6 is 35.6 Å². The predicted octanol–water partition coefficient (Wildman–Crippen LogP) is 3.53. The van der Waals surface area contributed by atoms with Crippen molar-refractivity contribution in [1.29, 1.82) is 0 Å². The number of halogens is 4. The van der Waals surface area contributed by atoms with Gasteiger partial charge in [0.15, 0.2) is 5.96 Å². The molecule has 0 unspecified atom stereocenters. The molecule has 1 aromatic carbocycles. The summed E-state index contributed by atoms with van der Waals surface area (Å²) in [6.45, 7) is 2.72. The average Bonchev–Trinajstić information content (AvgIpc) is 2.59. The van der Waals surface area contributed by atoms with Gasteiger partial charge in [0.2, 0.25) is 5.91 Å². The van der Waals surface area contributed by atoms with E-state index in [9.17, 15) is 13.6 Å². The van der Waals surface area contributed by atoms with Crippen molar-refractivity contribution in [3.05, 3.63) is 28.8 Å². The minimum absolute atomic E-state index is 0. The summed E-state index contributed by atoms with van der Waals surface area (Å²) in [6.07, 6.45) is 1.19. The maximum absolute atomic E-state index is 12.5. The van der Waals surface area contributed by atoms with Crippen molar-refractivity contribution >= 4 is 47.4 Å². The van der Waals surface area contributed by atoms with E-state index in [1.165, 1.54) is 18.2 Å². The van der Waals surface area contributed by atoms with Gasteiger partial charge in [-0.3, -0.25) is 4.79 Å². The monoisotopic (exact) mass is 518 g/mol. The lowest BCUT2D eigenvalue weighted by Crippen LogP contribution is -2.39. The highest BCUT2D eigenvalue weighted by atomic mass is 127. The molecule has 0 saturated heterocycles. The van der Waals surface area contributed by atoms with Crippen LogP contribution in [0.1, 0.15) is 32.3 Å². The van der Waals surface area contributed by atoms with E-state index in [4.69, 9.17) is 11.6 Å². The number of rotatable bonds is 10. The molecule has 0 aliphatic carbocycles. The first-order valence-corrected chi connectivity index (χ1v) is 8.86. The Morgan fingerprint density at radius 1 is 1.22 bits per heavy atom. The van der Waals surface area contributed by atoms with Gasteiger partial charge < -0.3 is 20.7 Å². The lowest BCUT2D eigenvalue weighted by atomic mass is 10.2. The molecule has 27 heavy (non-hydrogen) atoms. The molecule has 1 aromatic rings. The number of benzene rings is 1. The Kier molecular flexibility index (Phi) is 13.9. The molecule has 0 heterocycles. The second-order valence-electron chi connectivity index (χ2n) is 5.35. The van der Waals surface area contributed by atoms with Gasteiger partial charge in [-0.05, 0) is 31.5 Å². The highest BCUT2D eigenvalue weighted by Gasteiger charge is 2.10. The van der Waals surface area contributed by atoms with Gasteiger partial charge in [0.25, 0.3) is 0 Å². The second-order valence-corrected chi connectivity index (χ2v) is 5.79. The molecule has 0 radical (unpaired) electrons. The van der Waals surface area contributed by atoms with E-state index >= 15 is 0 Å². The van der Waals surface area contributed by atoms with Crippen molar-refractivity contribution in [2.75, 3.05) is 19.6 Å². The van der Waals surface area contributed by atoms with Crippen molar-refractivity contribution in [2.45, 2.75) is 39.8 Å². The molecule has 0 bridgehead atoms. The smallest absolute Gasteiger partial charge is 0.387 e. The van der Waals surface area contributed by atoms with Crippen LogP contribution in [-0.2, 0) is 11.3 Å². The minimum atomic E-state index is -2.92. The van der Waals surface area contributed by atoms with Gasteiger partial charge in [0.1, 0.15) is 5.75 Å². The fraction of sp³-hybridized carbons (Fsp3) is 0.529. The molecule has 0 aromatic heterocycles. The van der Waals surface area contributed by atoms with Crippen LogP contribution in [0.15, 0.2) is 23.2 Å². The van der Waals surface area contributed by atoms with Crippen LogP contribution in [0.5, 0.6) is 5.75 Å². The van der Waals surface area contributed by atoms with Crippen molar-refractivity contribution in [1.82, 2.24) is 16.0 Å². The summed E-state index contributed by atoms with van der Waals surface area (Å²) >= 11 is 5.92. The van der Waals surface area contributed by atoms with E-state index in [0.717, 1.165) is 6.42 Å². The molecule has 1 amide bonds. The Morgan fingerprint density at radius 3 is 2.59 bits per heavy atom. The van der Waals surface area contributed by atoms with Crippen molar-refractivity contribution in [2.24, 2.45) is 4.99 Å². The average molecular weight is 519 g/mol. The Hall–Kier alpha value is -1.36. The van der Waals surface area contributed by atoms with E-state index in [1.807, 2.05) is 13.8 Å². The number of amides is 1. The summed E-state index contributed by atoms with van der Waals surface area (Å²) in [4.78, 5) is 15.9. The first-order chi connectivity index (χ1) is 12.5. The highest BCUT2D eigenvalue weighted by molar-refractivity contribution is 14.0. The maximum atomic E-state index is 12.5. The summed E-state index contributed by atoms with van der Waals surface area (Å²) in [7, 11) is 0. The Labute approximate surface area is 180 Å². The predicted molar refractivity (Wildman–Crippen MR) is 114 cm³/mol. The number of nitrogens with zero attached hydrogens (tertiary/aromatic N) is 1. The third-order valence-corrected chi connectivity index (χ3v) is 3.44. The van der Waals surface area contributed by atoms with Gasteiger partial charge >= 0.3 is 6.61 Å². The number of alkyl halides is 2. The first kappa shape index (κ1) is 25.6. The fourth-order valence-electron chi connectivity index (χ4n) is 2.04. The quantitative estimate of drug-likeness (QED) is 0.252. The van der Waals surface area contributed by atoms with E-state index in [2.05, 4.69) is 25.7 Å². The minimum Gasteiger partial charge on any atom is -0.434 e. The lowest BCUT2D eigenvalue weighted by molar-refractivity contribution is -0.120. The third kappa shape index (κ3) is 11.2. The third-order valence-electron chi connectivity index (χ3n) is 3.21. The zero-order valence-corrected chi connectivity index (χ0v) is 18.4. The molecule has 6 nitrogen and oxygen atoms in total. The molecule has 0 saturated carbocycles. The molecule has 0 spiro atoms. The van der Waals surface area contributed by atoms with Crippen LogP contribution in [0.2, 0.25) is 5.02 Å². The van der Waals surface area contributed by atoms with Crippen LogP contribution in [0.3, 0.4) is 0 Å². The number of hydrogen-bond acceptors (Lipinski definition) is 3. The number of nitrogens with one attached hydrogen (secondary N) is 3. The van der Waals surface area contributed by atoms with Crippen LogP contribution in [0.4, 0.5) is 8.78 Å². The number of ether oxygens (including phenoxy) is 1. The molecule has 3 N–H and O–H groups in total. The van der Waals surface area contributed by atoms with Gasteiger partial charge in [-0.15, -0.1) is 24.0 Å². The Balaban J connectivity index is 0.00000676. The Bertz CT molecular complexity index is 606. The van der Waals surface area contributed by atoms with Crippen LogP contribution in [-0.4, -0.2) is 38.1 Å². The number of hydrogen-bond donors (Lipinski definition) is 3. The topological polar surface area (TPSA) is 74.8 Å². The first-order valence-electron chi connectivity index (χ1n) is 8.48. The molecule has 0 atom stereocenters. The largest absolute Gasteiger partial charge is 0.434 e. The Morgan fingerprint density at radius 2 is 1.96 bits per heavy atom. The molecule has 1 rings (SSSR count). The van der Waals surface area contributed by atoms with E-state index in [1.54, 1.807) is 0 Å². The van der Waals surface area contributed by atoms with Crippen LogP contribution < -0.4 is 20.7 Å². The molecule has 154 valence electrons. The van der Waals surface area contributed by atoms with Crippen LogP contribution in [0, 0.1) is 0 Å². The highest BCUT2D eigenvalue weighted by Crippen LogP contribution is 2.25. The zero-order chi connectivity index (χ0) is 19.4. The molecule has 0 aliphatic rings. The van der Waals surface area contributed by atoms with Crippen LogP contribution in [0.25, 0.3) is 0 Å². The van der Waals surface area contributed by atoms with Gasteiger partial charge in [-0.1, -0.05) is 18.5 Å². The SMILES string of the molecule is CCCNC(=O)CCNC(=NCc1cc(Cl)ccc1OC(F)F)NCC.I. The van der Waals surface area contributed by atoms with Gasteiger partial charge in [-0.2, -0.15) is 8.78 Å². The number of aliphatic imine (C=N–C) groups is 1. The summed E-state index contributed by atoms with van der Waals surface area (Å²) in [6, 6.07) is 4.40. The maximum Gasteiger partial charge on any atom is 0.387 e. The van der Waals surface area contributed by atoms with Crippen molar-refractivity contribution in [3.63, 3.8) is 0 Å². The van der Waals surface area contributed by atoms with Crippen molar-refractivity contribution < 1.29 is 18.3 Å². The van der Waals surface area contributed by atoms with Gasteiger partial charge in [-0.25, -0.2) is 4.99 Å². The van der Waals surface area contributed by atoms with E-state index in [0.29, 0.717) is 42.6 Å². The van der Waals surface area contributed by atoms with E-state index in [-0.39, 0.29) is 42.2 Å². The summed E-state index contributed by atoms with van der Waals surface area (Å²) in [5, 5.41) is 9.25. The fourth-order valence-corrected chi connectivity index (χ4v) is 2.23. The van der Waals surface area contributed by atoms with Crippen molar-refractivity contribution in [3.8, 4) is 5.75 Å². The summed E-state index contributed by atoms with van der Waals surface area (Å²) in [5.41, 5.74) is 0.440. The van der Waals surface area contributed by atoms with Gasteiger partial charge in [0.05, 0.1) is 6.54 Å². The van der Waals surface area contributed by atoms with E-state index < -0.39 is 6.61 Å². The molecule has 0 aliphatic heterocycles. The zero-order valence-electron chi connectivity index (χ0n) is 15.4. The summed E-state index contributed by atoms with van der Waals surface area (Å²) in [5.74, 6) is 0.458. The normalized spacial score (nSPS) is 11.0. The second kappa shape index (κ2) is 14.7. The summed E-state index contributed by atoms with van der Waals surface area (Å²) < 4.78 is 29.5. The number of carbonyl (C=O) groups excluding carboxylic acids is 1. The molecular weight excluding hydrogens is 493 g/mol.